The summed E-state index contributed by atoms with van der Waals surface area (Å²) in [5, 5.41) is 9.12. The van der Waals surface area contributed by atoms with E-state index in [2.05, 4.69) is 6.92 Å². The quantitative estimate of drug-likeness (QED) is 0.209. The van der Waals surface area contributed by atoms with Gasteiger partial charge in [-0.2, -0.15) is 0 Å². The number of carboxylic acid groups (broad SMARTS) is 1. The smallest absolute Gasteiger partial charge is 0.305 e. The number of aliphatic carboxylic acids is 1. The van der Waals surface area contributed by atoms with Crippen LogP contribution in [0.25, 0.3) is 0 Å². The molecule has 1 rings (SSSR count). The summed E-state index contributed by atoms with van der Waals surface area (Å²) in [6.07, 6.45) is 23.9. The fourth-order valence-corrected chi connectivity index (χ4v) is 4.19. The van der Waals surface area contributed by atoms with Gasteiger partial charge in [0.25, 0.3) is 0 Å². The number of hydrogen-bond donors (Lipinski definition) is 1. The summed E-state index contributed by atoms with van der Waals surface area (Å²) in [6.45, 7) is 3.02. The van der Waals surface area contributed by atoms with Crippen molar-refractivity contribution in [2.75, 3.05) is 6.61 Å². The van der Waals surface area contributed by atoms with Gasteiger partial charge in [-0.1, -0.05) is 103 Å². The van der Waals surface area contributed by atoms with Crippen LogP contribution in [0.5, 0.6) is 0 Å². The largest absolute Gasteiger partial charge is 0.481 e. The monoisotopic (exact) mass is 412 g/mol. The molecule has 0 saturated carbocycles. The van der Waals surface area contributed by atoms with Crippen molar-refractivity contribution in [1.29, 1.82) is 0 Å². The standard InChI is InChI=1S/C25H48O4/c1-2-3-4-5-6-7-8-9-10-11-12-13-14-15-16-19-23(22-24(26)27)29-25-20-17-18-21-28-25/h23,25H,2-22H2,1H3,(H,26,27). The minimum absolute atomic E-state index is 0.0957. The van der Waals surface area contributed by atoms with Crippen molar-refractivity contribution in [1.82, 2.24) is 0 Å². The van der Waals surface area contributed by atoms with E-state index >= 15 is 0 Å². The first-order valence-electron chi connectivity index (χ1n) is 12.7. The maximum atomic E-state index is 11.1. The number of carboxylic acids is 1. The van der Waals surface area contributed by atoms with Crippen LogP contribution in [0, 0.1) is 0 Å². The lowest BCUT2D eigenvalue weighted by Gasteiger charge is -2.27. The fourth-order valence-electron chi connectivity index (χ4n) is 4.19. The van der Waals surface area contributed by atoms with E-state index in [4.69, 9.17) is 14.6 Å². The highest BCUT2D eigenvalue weighted by Crippen LogP contribution is 2.20. The molecule has 2 atom stereocenters. The number of rotatable bonds is 20. The Labute approximate surface area is 180 Å². The maximum Gasteiger partial charge on any atom is 0.305 e. The molecule has 0 aromatic carbocycles. The molecule has 4 heteroatoms. The van der Waals surface area contributed by atoms with Gasteiger partial charge in [0.05, 0.1) is 12.5 Å². The SMILES string of the molecule is CCCCCCCCCCCCCCCCCC(CC(=O)O)OC1CCCCO1. The average molecular weight is 413 g/mol. The zero-order chi connectivity index (χ0) is 21.0. The summed E-state index contributed by atoms with van der Waals surface area (Å²) in [4.78, 5) is 11.1. The van der Waals surface area contributed by atoms with E-state index in [-0.39, 0.29) is 18.8 Å². The molecule has 0 aliphatic carbocycles. The maximum absolute atomic E-state index is 11.1. The lowest BCUT2D eigenvalue weighted by atomic mass is 10.0. The van der Waals surface area contributed by atoms with Crippen molar-refractivity contribution in [2.24, 2.45) is 0 Å². The molecule has 1 aliphatic heterocycles. The topological polar surface area (TPSA) is 55.8 Å². The van der Waals surface area contributed by atoms with Crippen LogP contribution in [-0.4, -0.2) is 30.1 Å². The molecular formula is C25H48O4. The van der Waals surface area contributed by atoms with E-state index in [1.54, 1.807) is 0 Å². The Bertz CT molecular complexity index is 366. The molecule has 1 saturated heterocycles. The molecule has 0 aromatic rings. The van der Waals surface area contributed by atoms with Crippen LogP contribution in [-0.2, 0) is 14.3 Å². The van der Waals surface area contributed by atoms with E-state index in [9.17, 15) is 4.79 Å². The highest BCUT2D eigenvalue weighted by Gasteiger charge is 2.21. The van der Waals surface area contributed by atoms with Gasteiger partial charge in [0.2, 0.25) is 0 Å². The lowest BCUT2D eigenvalue weighted by Crippen LogP contribution is -2.29. The van der Waals surface area contributed by atoms with Crippen LogP contribution in [0.1, 0.15) is 135 Å². The molecule has 29 heavy (non-hydrogen) atoms. The van der Waals surface area contributed by atoms with Crippen LogP contribution in [0.15, 0.2) is 0 Å². The van der Waals surface area contributed by atoms with Gasteiger partial charge in [-0.3, -0.25) is 4.79 Å². The van der Waals surface area contributed by atoms with Gasteiger partial charge in [0.15, 0.2) is 6.29 Å². The third-order valence-electron chi connectivity index (χ3n) is 6.01. The minimum atomic E-state index is -0.772. The van der Waals surface area contributed by atoms with Crippen LogP contribution >= 0.6 is 0 Å². The van der Waals surface area contributed by atoms with Gasteiger partial charge in [-0.15, -0.1) is 0 Å². The van der Waals surface area contributed by atoms with Crippen molar-refractivity contribution in [3.8, 4) is 0 Å². The first-order chi connectivity index (χ1) is 14.2. The van der Waals surface area contributed by atoms with Crippen molar-refractivity contribution < 1.29 is 19.4 Å². The molecule has 1 fully saturated rings. The fraction of sp³-hybridized carbons (Fsp3) is 0.960. The van der Waals surface area contributed by atoms with Gasteiger partial charge in [-0.25, -0.2) is 0 Å². The Morgan fingerprint density at radius 2 is 1.38 bits per heavy atom. The summed E-state index contributed by atoms with van der Waals surface area (Å²) in [7, 11) is 0. The third-order valence-corrected chi connectivity index (χ3v) is 6.01. The van der Waals surface area contributed by atoms with Gasteiger partial charge in [-0.05, 0) is 25.7 Å². The molecule has 0 spiro atoms. The van der Waals surface area contributed by atoms with Gasteiger partial charge < -0.3 is 14.6 Å². The summed E-state index contributed by atoms with van der Waals surface area (Å²) < 4.78 is 11.5. The van der Waals surface area contributed by atoms with Gasteiger partial charge >= 0.3 is 5.97 Å². The average Bonchev–Trinajstić information content (AvgIpc) is 2.71. The Morgan fingerprint density at radius 1 is 0.862 bits per heavy atom. The normalized spacial score (nSPS) is 18.0. The minimum Gasteiger partial charge on any atom is -0.481 e. The zero-order valence-electron chi connectivity index (χ0n) is 19.2. The van der Waals surface area contributed by atoms with Gasteiger partial charge in [0, 0.05) is 6.61 Å². The molecule has 0 aromatic heterocycles. The molecule has 1 aliphatic rings. The van der Waals surface area contributed by atoms with Crippen molar-refractivity contribution >= 4 is 5.97 Å². The molecule has 1 heterocycles. The summed E-state index contributed by atoms with van der Waals surface area (Å²) in [6, 6.07) is 0. The highest BCUT2D eigenvalue weighted by molar-refractivity contribution is 5.67. The van der Waals surface area contributed by atoms with E-state index in [0.717, 1.165) is 38.7 Å². The summed E-state index contributed by atoms with van der Waals surface area (Å²) in [5.41, 5.74) is 0. The van der Waals surface area contributed by atoms with Crippen molar-refractivity contribution in [2.45, 2.75) is 148 Å². The Morgan fingerprint density at radius 3 is 1.83 bits per heavy atom. The molecule has 1 N–H and O–H groups in total. The Balaban J connectivity index is 1.90. The number of ether oxygens (including phenoxy) is 2. The van der Waals surface area contributed by atoms with E-state index in [0.29, 0.717) is 0 Å². The second-order valence-electron chi connectivity index (χ2n) is 8.89. The predicted molar refractivity (Wildman–Crippen MR) is 120 cm³/mol. The third kappa shape index (κ3) is 16.8. The van der Waals surface area contributed by atoms with E-state index in [1.165, 1.54) is 89.9 Å². The van der Waals surface area contributed by atoms with E-state index in [1.807, 2.05) is 0 Å². The molecule has 4 nitrogen and oxygen atoms in total. The second-order valence-corrected chi connectivity index (χ2v) is 8.89. The summed E-state index contributed by atoms with van der Waals surface area (Å²) >= 11 is 0. The number of hydrogen-bond acceptors (Lipinski definition) is 3. The first kappa shape index (κ1) is 26.4. The van der Waals surface area contributed by atoms with Crippen LogP contribution in [0.4, 0.5) is 0 Å². The molecule has 0 bridgehead atoms. The molecule has 0 radical (unpaired) electrons. The molecular weight excluding hydrogens is 364 g/mol. The first-order valence-corrected chi connectivity index (χ1v) is 12.7. The van der Waals surface area contributed by atoms with Crippen LogP contribution in [0.2, 0.25) is 0 Å². The highest BCUT2D eigenvalue weighted by atomic mass is 16.7. The summed E-state index contributed by atoms with van der Waals surface area (Å²) in [5.74, 6) is -0.772. The Hall–Kier alpha value is -0.610. The molecule has 0 amide bonds. The molecule has 172 valence electrons. The van der Waals surface area contributed by atoms with Crippen molar-refractivity contribution in [3.05, 3.63) is 0 Å². The van der Waals surface area contributed by atoms with Crippen molar-refractivity contribution in [3.63, 3.8) is 0 Å². The van der Waals surface area contributed by atoms with Gasteiger partial charge in [0.1, 0.15) is 0 Å². The van der Waals surface area contributed by atoms with Crippen LogP contribution < -0.4 is 0 Å². The molecule has 2 unspecified atom stereocenters. The van der Waals surface area contributed by atoms with Crippen LogP contribution in [0.3, 0.4) is 0 Å². The number of unbranched alkanes of at least 4 members (excludes halogenated alkanes) is 14. The Kier molecular flexibility index (Phi) is 17.6. The number of carbonyl (C=O) groups is 1. The van der Waals surface area contributed by atoms with E-state index < -0.39 is 5.97 Å². The lowest BCUT2D eigenvalue weighted by molar-refractivity contribution is -0.193. The second kappa shape index (κ2) is 19.4. The zero-order valence-corrected chi connectivity index (χ0v) is 19.2. The predicted octanol–water partition coefficient (Wildman–Crippen LogP) is 7.63.